The molecule has 0 saturated heterocycles. The Bertz CT molecular complexity index is 967. The molecule has 0 radical (unpaired) electrons. The molecule has 0 aliphatic carbocycles. The van der Waals surface area contributed by atoms with Crippen LogP contribution in [0.1, 0.15) is 21.6 Å². The molecule has 1 heterocycles. The first-order valence-electron chi connectivity index (χ1n) is 9.00. The molecule has 1 N–H and O–H groups in total. The lowest BCUT2D eigenvalue weighted by atomic mass is 10.1. The number of hydrogen-bond donors (Lipinski definition) is 1. The first kappa shape index (κ1) is 18.9. The molecule has 2 aromatic carbocycles. The Morgan fingerprint density at radius 2 is 1.89 bits per heavy atom. The number of amides is 1. The Morgan fingerprint density at radius 1 is 1.11 bits per heavy atom. The van der Waals surface area contributed by atoms with E-state index in [4.69, 9.17) is 4.74 Å². The lowest BCUT2D eigenvalue weighted by Gasteiger charge is -2.15. The third-order valence-electron chi connectivity index (χ3n) is 4.33. The fourth-order valence-electron chi connectivity index (χ4n) is 2.86. The van der Waals surface area contributed by atoms with Crippen molar-refractivity contribution in [3.05, 3.63) is 65.4 Å². The molecule has 3 rings (SSSR count). The molecule has 0 atom stereocenters. The van der Waals surface area contributed by atoms with Crippen molar-refractivity contribution in [3.8, 4) is 5.75 Å². The van der Waals surface area contributed by atoms with Crippen LogP contribution in [0.25, 0.3) is 10.9 Å². The molecule has 0 unspecified atom stereocenters. The van der Waals surface area contributed by atoms with Gasteiger partial charge in [0.2, 0.25) is 0 Å². The summed E-state index contributed by atoms with van der Waals surface area (Å²) in [6, 6.07) is 15.4. The van der Waals surface area contributed by atoms with E-state index in [1.165, 1.54) is 0 Å². The van der Waals surface area contributed by atoms with E-state index in [-0.39, 0.29) is 5.91 Å². The van der Waals surface area contributed by atoms with Crippen LogP contribution in [-0.2, 0) is 0 Å². The van der Waals surface area contributed by atoms with Crippen molar-refractivity contribution in [2.75, 3.05) is 32.6 Å². The van der Waals surface area contributed by atoms with Crippen LogP contribution in [0.3, 0.4) is 0 Å². The second-order valence-corrected chi connectivity index (χ2v) is 6.95. The van der Waals surface area contributed by atoms with Gasteiger partial charge in [-0.15, -0.1) is 0 Å². The van der Waals surface area contributed by atoms with Crippen molar-refractivity contribution in [2.24, 2.45) is 0 Å². The molecule has 140 valence electrons. The third kappa shape index (κ3) is 4.63. The highest BCUT2D eigenvalue weighted by Gasteiger charge is 2.14. The molecule has 27 heavy (non-hydrogen) atoms. The van der Waals surface area contributed by atoms with E-state index in [2.05, 4.69) is 10.3 Å². The SMILES string of the molecule is Cc1ccc(OCCN(C)C)c(NC(=O)c2cc(C)c3ccccc3n2)c1. The van der Waals surface area contributed by atoms with Crippen LogP contribution in [-0.4, -0.2) is 43.0 Å². The standard InChI is InChI=1S/C22H25N3O2/c1-15-9-10-21(27-12-11-25(3)4)19(13-15)24-22(26)20-14-16(2)17-7-5-6-8-18(17)23-20/h5-10,13-14H,11-12H2,1-4H3,(H,24,26). The van der Waals surface area contributed by atoms with Crippen molar-refractivity contribution in [2.45, 2.75) is 13.8 Å². The monoisotopic (exact) mass is 363 g/mol. The average Bonchev–Trinajstić information content (AvgIpc) is 2.63. The van der Waals surface area contributed by atoms with E-state index >= 15 is 0 Å². The zero-order valence-corrected chi connectivity index (χ0v) is 16.2. The predicted molar refractivity (Wildman–Crippen MR) is 110 cm³/mol. The van der Waals surface area contributed by atoms with Gasteiger partial charge in [-0.2, -0.15) is 0 Å². The fourth-order valence-corrected chi connectivity index (χ4v) is 2.86. The summed E-state index contributed by atoms with van der Waals surface area (Å²) in [6.45, 7) is 5.32. The quantitative estimate of drug-likeness (QED) is 0.718. The largest absolute Gasteiger partial charge is 0.490 e. The Hall–Kier alpha value is -2.92. The lowest BCUT2D eigenvalue weighted by molar-refractivity contribution is 0.102. The van der Waals surface area contributed by atoms with Gasteiger partial charge in [0, 0.05) is 11.9 Å². The Balaban J connectivity index is 1.84. The van der Waals surface area contributed by atoms with Crippen LogP contribution in [0.2, 0.25) is 0 Å². The molecule has 0 aliphatic heterocycles. The highest BCUT2D eigenvalue weighted by molar-refractivity contribution is 6.05. The molecular formula is C22H25N3O2. The second-order valence-electron chi connectivity index (χ2n) is 6.95. The summed E-state index contributed by atoms with van der Waals surface area (Å²) in [5.74, 6) is 0.417. The van der Waals surface area contributed by atoms with E-state index in [0.717, 1.165) is 28.6 Å². The van der Waals surface area contributed by atoms with Crippen LogP contribution in [0.15, 0.2) is 48.5 Å². The van der Waals surface area contributed by atoms with E-state index < -0.39 is 0 Å². The zero-order chi connectivity index (χ0) is 19.4. The average molecular weight is 363 g/mol. The minimum atomic E-state index is -0.244. The summed E-state index contributed by atoms with van der Waals surface area (Å²) in [7, 11) is 3.99. The molecule has 1 amide bonds. The van der Waals surface area contributed by atoms with Crippen LogP contribution in [0, 0.1) is 13.8 Å². The van der Waals surface area contributed by atoms with Crippen molar-refractivity contribution in [1.82, 2.24) is 9.88 Å². The van der Waals surface area contributed by atoms with Crippen molar-refractivity contribution in [1.29, 1.82) is 0 Å². The van der Waals surface area contributed by atoms with Gasteiger partial charge < -0.3 is 15.0 Å². The number of hydrogen-bond acceptors (Lipinski definition) is 4. The number of aromatic nitrogens is 1. The van der Waals surface area contributed by atoms with Crippen LogP contribution in [0.4, 0.5) is 5.69 Å². The molecule has 0 bridgehead atoms. The molecule has 5 heteroatoms. The number of aryl methyl sites for hydroxylation is 2. The number of anilines is 1. The predicted octanol–water partition coefficient (Wildman–Crippen LogP) is 4.04. The van der Waals surface area contributed by atoms with Crippen LogP contribution < -0.4 is 10.1 Å². The topological polar surface area (TPSA) is 54.5 Å². The number of likely N-dealkylation sites (N-methyl/N-ethyl adjacent to an activating group) is 1. The Labute approximate surface area is 160 Å². The summed E-state index contributed by atoms with van der Waals surface area (Å²) in [4.78, 5) is 19.4. The van der Waals surface area contributed by atoms with Gasteiger partial charge in [0.15, 0.2) is 0 Å². The molecule has 1 aromatic heterocycles. The number of pyridine rings is 1. The summed E-state index contributed by atoms with van der Waals surface area (Å²) >= 11 is 0. The zero-order valence-electron chi connectivity index (χ0n) is 16.2. The maximum Gasteiger partial charge on any atom is 0.274 e. The number of carbonyl (C=O) groups is 1. The van der Waals surface area contributed by atoms with Crippen LogP contribution >= 0.6 is 0 Å². The molecule has 5 nitrogen and oxygen atoms in total. The molecule has 0 aliphatic rings. The fraction of sp³-hybridized carbons (Fsp3) is 0.273. The van der Waals surface area contributed by atoms with E-state index in [9.17, 15) is 4.79 Å². The number of benzene rings is 2. The smallest absolute Gasteiger partial charge is 0.274 e. The number of fused-ring (bicyclic) bond motifs is 1. The van der Waals surface area contributed by atoms with Gasteiger partial charge in [0.1, 0.15) is 18.1 Å². The number of nitrogens with zero attached hydrogens (tertiary/aromatic N) is 2. The summed E-state index contributed by atoms with van der Waals surface area (Å²) in [6.07, 6.45) is 0. The van der Waals surface area contributed by atoms with Gasteiger partial charge in [-0.05, 0) is 63.3 Å². The summed E-state index contributed by atoms with van der Waals surface area (Å²) < 4.78 is 5.86. The molecule has 3 aromatic rings. The van der Waals surface area contributed by atoms with Gasteiger partial charge in [-0.25, -0.2) is 4.98 Å². The minimum Gasteiger partial charge on any atom is -0.490 e. The van der Waals surface area contributed by atoms with Gasteiger partial charge in [0.25, 0.3) is 5.91 Å². The van der Waals surface area contributed by atoms with E-state index in [1.54, 1.807) is 0 Å². The number of rotatable bonds is 6. The number of nitrogens with one attached hydrogen (secondary N) is 1. The first-order valence-corrected chi connectivity index (χ1v) is 9.00. The van der Waals surface area contributed by atoms with Gasteiger partial charge in [-0.1, -0.05) is 24.3 Å². The summed E-state index contributed by atoms with van der Waals surface area (Å²) in [5, 5.41) is 4.01. The van der Waals surface area contributed by atoms with Gasteiger partial charge in [-0.3, -0.25) is 4.79 Å². The molecular weight excluding hydrogens is 338 g/mol. The second kappa shape index (κ2) is 8.18. The highest BCUT2D eigenvalue weighted by atomic mass is 16.5. The van der Waals surface area contributed by atoms with Gasteiger partial charge in [0.05, 0.1) is 11.2 Å². The number of carbonyl (C=O) groups excluding carboxylic acids is 1. The number of para-hydroxylation sites is 1. The molecule has 0 spiro atoms. The Morgan fingerprint density at radius 3 is 2.67 bits per heavy atom. The number of ether oxygens (including phenoxy) is 1. The van der Waals surface area contributed by atoms with Crippen molar-refractivity contribution >= 4 is 22.5 Å². The Kier molecular flexibility index (Phi) is 5.72. The highest BCUT2D eigenvalue weighted by Crippen LogP contribution is 2.26. The van der Waals surface area contributed by atoms with Crippen molar-refractivity contribution < 1.29 is 9.53 Å². The minimum absolute atomic E-state index is 0.244. The lowest BCUT2D eigenvalue weighted by Crippen LogP contribution is -2.20. The van der Waals surface area contributed by atoms with E-state index in [0.29, 0.717) is 23.7 Å². The molecule has 0 saturated carbocycles. The van der Waals surface area contributed by atoms with Crippen LogP contribution in [0.5, 0.6) is 5.75 Å². The van der Waals surface area contributed by atoms with Crippen molar-refractivity contribution in [3.63, 3.8) is 0 Å². The molecule has 0 fully saturated rings. The van der Waals surface area contributed by atoms with E-state index in [1.807, 2.05) is 81.4 Å². The normalized spacial score (nSPS) is 11.0. The summed E-state index contributed by atoms with van der Waals surface area (Å²) in [5.41, 5.74) is 3.94. The maximum absolute atomic E-state index is 12.8. The maximum atomic E-state index is 12.8. The third-order valence-corrected chi connectivity index (χ3v) is 4.33. The van der Waals surface area contributed by atoms with Gasteiger partial charge >= 0.3 is 0 Å². The first-order chi connectivity index (χ1) is 12.9.